The van der Waals surface area contributed by atoms with Crippen molar-refractivity contribution in [2.45, 2.75) is 12.3 Å². The van der Waals surface area contributed by atoms with Crippen molar-refractivity contribution < 1.29 is 0 Å². The number of halogens is 1. The van der Waals surface area contributed by atoms with Crippen LogP contribution in [0.15, 0.2) is 18.7 Å². The zero-order chi connectivity index (χ0) is 13.4. The summed E-state index contributed by atoms with van der Waals surface area (Å²) in [6.45, 7) is 1.74. The summed E-state index contributed by atoms with van der Waals surface area (Å²) < 4.78 is 2.06. The highest BCUT2D eigenvalue weighted by Crippen LogP contribution is 2.33. The second kappa shape index (κ2) is 4.70. The van der Waals surface area contributed by atoms with Crippen LogP contribution in [0.3, 0.4) is 0 Å². The summed E-state index contributed by atoms with van der Waals surface area (Å²) in [5.41, 5.74) is 5.72. The third kappa shape index (κ3) is 2.12. The van der Waals surface area contributed by atoms with E-state index in [0.29, 0.717) is 22.6 Å². The molecule has 0 bridgehead atoms. The number of anilines is 2. The molecule has 0 spiro atoms. The van der Waals surface area contributed by atoms with Gasteiger partial charge in [-0.05, 0) is 6.42 Å². The standard InChI is InChI=1S/C12H15ClN6/c1-18-5-3-15-11(18)8-2-4-19(6-8)12-9(13)10(14)16-7-17-12/h3,5,7-8H,2,4,6H2,1H3,(H2,14,16,17). The molecule has 1 unspecified atom stereocenters. The van der Waals surface area contributed by atoms with Crippen LogP contribution >= 0.6 is 11.6 Å². The van der Waals surface area contributed by atoms with Gasteiger partial charge in [0, 0.05) is 38.4 Å². The topological polar surface area (TPSA) is 72.9 Å². The molecule has 0 saturated carbocycles. The molecule has 1 aliphatic rings. The second-order valence-electron chi connectivity index (χ2n) is 4.72. The number of rotatable bonds is 2. The highest BCUT2D eigenvalue weighted by Gasteiger charge is 2.28. The average Bonchev–Trinajstić information content (AvgIpc) is 3.01. The van der Waals surface area contributed by atoms with E-state index in [4.69, 9.17) is 17.3 Å². The molecule has 0 aliphatic carbocycles. The van der Waals surface area contributed by atoms with E-state index in [1.165, 1.54) is 6.33 Å². The Balaban J connectivity index is 1.83. The molecule has 7 heteroatoms. The van der Waals surface area contributed by atoms with Gasteiger partial charge in [0.05, 0.1) is 0 Å². The molecule has 1 aliphatic heterocycles. The molecule has 0 aromatic carbocycles. The van der Waals surface area contributed by atoms with Gasteiger partial charge < -0.3 is 15.2 Å². The van der Waals surface area contributed by atoms with Crippen molar-refractivity contribution in [3.8, 4) is 0 Å². The van der Waals surface area contributed by atoms with Gasteiger partial charge in [-0.1, -0.05) is 11.6 Å². The molecule has 1 saturated heterocycles. The minimum Gasteiger partial charge on any atom is -0.382 e. The summed E-state index contributed by atoms with van der Waals surface area (Å²) in [4.78, 5) is 14.7. The maximum Gasteiger partial charge on any atom is 0.153 e. The normalized spacial score (nSPS) is 19.1. The van der Waals surface area contributed by atoms with Gasteiger partial charge in [-0.3, -0.25) is 0 Å². The molecular weight excluding hydrogens is 264 g/mol. The van der Waals surface area contributed by atoms with Crippen molar-refractivity contribution in [2.75, 3.05) is 23.7 Å². The fourth-order valence-electron chi connectivity index (χ4n) is 2.53. The quantitative estimate of drug-likeness (QED) is 0.900. The number of hydrogen-bond acceptors (Lipinski definition) is 5. The van der Waals surface area contributed by atoms with Crippen molar-refractivity contribution in [3.63, 3.8) is 0 Å². The Hall–Kier alpha value is -1.82. The van der Waals surface area contributed by atoms with Gasteiger partial charge in [0.1, 0.15) is 23.0 Å². The molecule has 6 nitrogen and oxygen atoms in total. The van der Waals surface area contributed by atoms with Crippen molar-refractivity contribution >= 4 is 23.2 Å². The lowest BCUT2D eigenvalue weighted by atomic mass is 10.1. The fourth-order valence-corrected chi connectivity index (χ4v) is 2.75. The van der Waals surface area contributed by atoms with E-state index in [0.717, 1.165) is 25.3 Å². The predicted molar refractivity (Wildman–Crippen MR) is 74.2 cm³/mol. The summed E-state index contributed by atoms with van der Waals surface area (Å²) in [5.74, 6) is 2.53. The third-order valence-corrected chi connectivity index (χ3v) is 3.87. The van der Waals surface area contributed by atoms with Gasteiger partial charge in [0.15, 0.2) is 5.82 Å². The van der Waals surface area contributed by atoms with Gasteiger partial charge in [-0.2, -0.15) is 0 Å². The van der Waals surface area contributed by atoms with E-state index >= 15 is 0 Å². The van der Waals surface area contributed by atoms with Crippen LogP contribution in [-0.4, -0.2) is 32.6 Å². The summed E-state index contributed by atoms with van der Waals surface area (Å²) in [5, 5.41) is 0.433. The molecule has 2 N–H and O–H groups in total. The molecule has 0 amide bonds. The summed E-state index contributed by atoms with van der Waals surface area (Å²) in [6, 6.07) is 0. The Labute approximate surface area is 116 Å². The Bertz CT molecular complexity index is 596. The van der Waals surface area contributed by atoms with E-state index < -0.39 is 0 Å². The zero-order valence-electron chi connectivity index (χ0n) is 10.6. The molecule has 2 aromatic rings. The summed E-state index contributed by atoms with van der Waals surface area (Å²) in [7, 11) is 2.01. The van der Waals surface area contributed by atoms with Crippen LogP contribution in [0.4, 0.5) is 11.6 Å². The zero-order valence-corrected chi connectivity index (χ0v) is 11.4. The summed E-state index contributed by atoms with van der Waals surface area (Å²) in [6.07, 6.45) is 6.27. The van der Waals surface area contributed by atoms with Gasteiger partial charge in [-0.25, -0.2) is 15.0 Å². The van der Waals surface area contributed by atoms with Gasteiger partial charge >= 0.3 is 0 Å². The Morgan fingerprint density at radius 1 is 1.37 bits per heavy atom. The van der Waals surface area contributed by atoms with Crippen LogP contribution in [0.25, 0.3) is 0 Å². The van der Waals surface area contributed by atoms with E-state index in [2.05, 4.69) is 24.4 Å². The molecule has 100 valence electrons. The molecule has 1 fully saturated rings. The Kier molecular flexibility index (Phi) is 3.02. The van der Waals surface area contributed by atoms with Crippen LogP contribution in [-0.2, 0) is 7.05 Å². The number of nitrogen functional groups attached to an aromatic ring is 1. The number of aromatic nitrogens is 4. The van der Waals surface area contributed by atoms with Crippen LogP contribution < -0.4 is 10.6 Å². The fraction of sp³-hybridized carbons (Fsp3) is 0.417. The van der Waals surface area contributed by atoms with Crippen LogP contribution in [0.5, 0.6) is 0 Å². The second-order valence-corrected chi connectivity index (χ2v) is 5.10. The highest BCUT2D eigenvalue weighted by atomic mass is 35.5. The van der Waals surface area contributed by atoms with Crippen LogP contribution in [0.2, 0.25) is 5.02 Å². The lowest BCUT2D eigenvalue weighted by molar-refractivity contribution is 0.665. The maximum atomic E-state index is 6.16. The van der Waals surface area contributed by atoms with E-state index in [9.17, 15) is 0 Å². The van der Waals surface area contributed by atoms with Gasteiger partial charge in [-0.15, -0.1) is 0 Å². The Morgan fingerprint density at radius 3 is 2.95 bits per heavy atom. The highest BCUT2D eigenvalue weighted by molar-refractivity contribution is 6.35. The monoisotopic (exact) mass is 278 g/mol. The third-order valence-electron chi connectivity index (χ3n) is 3.51. The predicted octanol–water partition coefficient (Wildman–Crippen LogP) is 1.44. The number of imidazole rings is 1. The number of nitrogens with zero attached hydrogens (tertiary/aromatic N) is 5. The van der Waals surface area contributed by atoms with Crippen LogP contribution in [0.1, 0.15) is 18.2 Å². The van der Waals surface area contributed by atoms with Gasteiger partial charge in [0.25, 0.3) is 0 Å². The van der Waals surface area contributed by atoms with Gasteiger partial charge in [0.2, 0.25) is 0 Å². The first kappa shape index (κ1) is 12.2. The minimum absolute atomic E-state index is 0.326. The van der Waals surface area contributed by atoms with E-state index in [-0.39, 0.29) is 0 Å². The summed E-state index contributed by atoms with van der Waals surface area (Å²) >= 11 is 6.16. The molecular formula is C12H15ClN6. The van der Waals surface area contributed by atoms with Crippen molar-refractivity contribution in [1.29, 1.82) is 0 Å². The SMILES string of the molecule is Cn1ccnc1C1CCN(c2ncnc(N)c2Cl)C1. The van der Waals surface area contributed by atoms with Crippen molar-refractivity contribution in [2.24, 2.45) is 7.05 Å². The minimum atomic E-state index is 0.326. The molecule has 1 atom stereocenters. The molecule has 19 heavy (non-hydrogen) atoms. The molecule has 0 radical (unpaired) electrons. The first-order valence-corrected chi connectivity index (χ1v) is 6.52. The average molecular weight is 279 g/mol. The van der Waals surface area contributed by atoms with E-state index in [1.807, 2.05) is 19.4 Å². The largest absolute Gasteiger partial charge is 0.382 e. The lowest BCUT2D eigenvalue weighted by Crippen LogP contribution is -2.22. The first-order valence-electron chi connectivity index (χ1n) is 6.15. The smallest absolute Gasteiger partial charge is 0.153 e. The number of aryl methyl sites for hydroxylation is 1. The lowest BCUT2D eigenvalue weighted by Gasteiger charge is -2.18. The Morgan fingerprint density at radius 2 is 2.21 bits per heavy atom. The van der Waals surface area contributed by atoms with E-state index in [1.54, 1.807) is 0 Å². The molecule has 3 heterocycles. The first-order chi connectivity index (χ1) is 9.16. The number of nitrogens with two attached hydrogens (primary N) is 1. The van der Waals surface area contributed by atoms with Crippen molar-refractivity contribution in [1.82, 2.24) is 19.5 Å². The number of hydrogen-bond donors (Lipinski definition) is 1. The van der Waals surface area contributed by atoms with Crippen molar-refractivity contribution in [3.05, 3.63) is 29.6 Å². The molecule has 3 rings (SSSR count). The van der Waals surface area contributed by atoms with Crippen LogP contribution in [0, 0.1) is 0 Å². The maximum absolute atomic E-state index is 6.16. The molecule has 2 aromatic heterocycles.